The number of hydrogen-bond acceptors (Lipinski definition) is 2. The minimum Gasteiger partial charge on any atom is -0.295 e. The Bertz CT molecular complexity index is 768. The van der Waals surface area contributed by atoms with Crippen molar-refractivity contribution in [1.82, 2.24) is 0 Å². The van der Waals surface area contributed by atoms with Crippen LogP contribution in [0.25, 0.3) is 0 Å². The molecule has 0 unspecified atom stereocenters. The molecule has 0 aliphatic heterocycles. The second-order valence-corrected chi connectivity index (χ2v) is 10.5. The highest BCUT2D eigenvalue weighted by molar-refractivity contribution is 5.91. The first kappa shape index (κ1) is 17.7. The van der Waals surface area contributed by atoms with Gasteiger partial charge in [0.15, 0.2) is 5.78 Å². The second-order valence-electron chi connectivity index (χ2n) is 10.5. The van der Waals surface area contributed by atoms with Crippen LogP contribution in [0.5, 0.6) is 0 Å². The highest BCUT2D eigenvalue weighted by atomic mass is 16.1. The van der Waals surface area contributed by atoms with E-state index in [4.69, 9.17) is 0 Å². The monoisotopic (exact) mass is 363 g/mol. The molecule has 27 heavy (non-hydrogen) atoms. The number of allylic oxidation sites excluding steroid dienone is 2. The Balaban J connectivity index is 1.58. The maximum atomic E-state index is 12.1. The van der Waals surface area contributed by atoms with Crippen molar-refractivity contribution in [1.29, 1.82) is 5.26 Å². The van der Waals surface area contributed by atoms with Crippen LogP contribution in [0.2, 0.25) is 0 Å². The van der Waals surface area contributed by atoms with Gasteiger partial charge >= 0.3 is 0 Å². The Kier molecular flexibility index (Phi) is 3.82. The third kappa shape index (κ3) is 2.21. The van der Waals surface area contributed by atoms with Crippen molar-refractivity contribution in [3.63, 3.8) is 0 Å². The normalized spacial score (nSPS) is 48.9. The number of carbonyl (C=O) groups excluding carboxylic acids is 1. The molecule has 5 aliphatic rings. The molecule has 0 amide bonds. The molecule has 2 heteroatoms. The van der Waals surface area contributed by atoms with Crippen LogP contribution in [0.15, 0.2) is 23.8 Å². The van der Waals surface area contributed by atoms with E-state index >= 15 is 0 Å². The fraction of sp³-hybridized carbons (Fsp3) is 0.760. The molecular formula is C25H33NO. The van der Waals surface area contributed by atoms with Crippen molar-refractivity contribution in [2.75, 3.05) is 0 Å². The van der Waals surface area contributed by atoms with Crippen LogP contribution in [0.4, 0.5) is 0 Å². The van der Waals surface area contributed by atoms with Crippen molar-refractivity contribution < 1.29 is 4.79 Å². The Labute approximate surface area is 164 Å². The number of hydrogen-bond donors (Lipinski definition) is 0. The molecule has 0 N–H and O–H groups in total. The summed E-state index contributed by atoms with van der Waals surface area (Å²) in [5, 5.41) is 10.2. The van der Waals surface area contributed by atoms with E-state index in [9.17, 15) is 10.1 Å². The summed E-state index contributed by atoms with van der Waals surface area (Å²) in [7, 11) is 0. The van der Waals surface area contributed by atoms with Crippen LogP contribution >= 0.6 is 0 Å². The van der Waals surface area contributed by atoms with E-state index in [0.29, 0.717) is 17.6 Å². The lowest BCUT2D eigenvalue weighted by Gasteiger charge is -2.58. The summed E-state index contributed by atoms with van der Waals surface area (Å²) >= 11 is 0. The number of nitriles is 1. The minimum atomic E-state index is -0.324. The van der Waals surface area contributed by atoms with Gasteiger partial charge in [-0.05, 0) is 98.4 Å². The van der Waals surface area contributed by atoms with Gasteiger partial charge in [0.05, 0.1) is 11.5 Å². The zero-order valence-corrected chi connectivity index (χ0v) is 17.0. The first-order valence-electron chi connectivity index (χ1n) is 11.3. The fourth-order valence-corrected chi connectivity index (χ4v) is 8.31. The lowest BCUT2D eigenvalue weighted by Crippen LogP contribution is -2.52. The SMILES string of the molecule is C=C1C[C@H]2[C@H]3[C@H](CC[C@]2(C)[C@]1(C#N)CC)[C@H]1CCC(=O)C=C1C[C@H]3C1CC1. The van der Waals surface area contributed by atoms with Gasteiger partial charge < -0.3 is 0 Å². The number of ketones is 1. The average molecular weight is 364 g/mol. The zero-order chi connectivity index (χ0) is 19.0. The summed E-state index contributed by atoms with van der Waals surface area (Å²) < 4.78 is 0. The van der Waals surface area contributed by atoms with Crippen LogP contribution in [-0.4, -0.2) is 5.78 Å². The van der Waals surface area contributed by atoms with Crippen molar-refractivity contribution in [3.05, 3.63) is 23.8 Å². The lowest BCUT2D eigenvalue weighted by atomic mass is 9.46. The van der Waals surface area contributed by atoms with Crippen LogP contribution in [-0.2, 0) is 4.79 Å². The molecule has 0 aromatic carbocycles. The Morgan fingerprint density at radius 1 is 1.22 bits per heavy atom. The van der Waals surface area contributed by atoms with Gasteiger partial charge in [0.1, 0.15) is 0 Å². The van der Waals surface area contributed by atoms with E-state index < -0.39 is 0 Å². The van der Waals surface area contributed by atoms with Crippen molar-refractivity contribution in [2.24, 2.45) is 46.3 Å². The molecule has 144 valence electrons. The maximum absolute atomic E-state index is 12.1. The predicted molar refractivity (Wildman–Crippen MR) is 107 cm³/mol. The summed E-state index contributed by atoms with van der Waals surface area (Å²) in [6, 6.07) is 2.78. The van der Waals surface area contributed by atoms with Gasteiger partial charge in [-0.15, -0.1) is 0 Å². The first-order valence-corrected chi connectivity index (χ1v) is 11.3. The number of fused-ring (bicyclic) bond motifs is 5. The summed E-state index contributed by atoms with van der Waals surface area (Å²) in [6.45, 7) is 9.08. The quantitative estimate of drug-likeness (QED) is 0.577. The first-order chi connectivity index (χ1) is 12.9. The topological polar surface area (TPSA) is 40.9 Å². The summed E-state index contributed by atoms with van der Waals surface area (Å²) in [5.74, 6) is 4.70. The van der Waals surface area contributed by atoms with Crippen LogP contribution in [0.3, 0.4) is 0 Å². The summed E-state index contributed by atoms with van der Waals surface area (Å²) in [5.41, 5.74) is 2.48. The van der Waals surface area contributed by atoms with Gasteiger partial charge in [0.2, 0.25) is 0 Å². The third-order valence-corrected chi connectivity index (χ3v) is 9.77. The van der Waals surface area contributed by atoms with Crippen LogP contribution in [0.1, 0.15) is 71.6 Å². The smallest absolute Gasteiger partial charge is 0.155 e. The molecule has 5 aliphatic carbocycles. The zero-order valence-electron chi connectivity index (χ0n) is 17.0. The van der Waals surface area contributed by atoms with Crippen LogP contribution < -0.4 is 0 Å². The highest BCUT2D eigenvalue weighted by Gasteiger charge is 2.66. The molecule has 4 fully saturated rings. The molecule has 7 atom stereocenters. The fourth-order valence-electron chi connectivity index (χ4n) is 8.31. The van der Waals surface area contributed by atoms with Gasteiger partial charge in [-0.2, -0.15) is 5.26 Å². The average Bonchev–Trinajstić information content (AvgIpc) is 3.46. The van der Waals surface area contributed by atoms with E-state index in [1.54, 1.807) is 0 Å². The van der Waals surface area contributed by atoms with Crippen molar-refractivity contribution in [3.8, 4) is 6.07 Å². The second kappa shape index (κ2) is 5.82. The molecule has 0 bridgehead atoms. The molecule has 0 saturated heterocycles. The summed E-state index contributed by atoms with van der Waals surface area (Å²) in [6.07, 6.45) is 12.1. The van der Waals surface area contributed by atoms with E-state index in [1.807, 2.05) is 6.08 Å². The van der Waals surface area contributed by atoms with Gasteiger partial charge in [-0.1, -0.05) is 31.6 Å². The van der Waals surface area contributed by atoms with Gasteiger partial charge in [-0.3, -0.25) is 4.79 Å². The van der Waals surface area contributed by atoms with Gasteiger partial charge in [-0.25, -0.2) is 0 Å². The number of nitrogens with zero attached hydrogens (tertiary/aromatic N) is 1. The van der Waals surface area contributed by atoms with E-state index in [-0.39, 0.29) is 10.8 Å². The van der Waals surface area contributed by atoms with E-state index in [0.717, 1.165) is 62.2 Å². The van der Waals surface area contributed by atoms with E-state index in [1.165, 1.54) is 30.4 Å². The molecule has 0 heterocycles. The molecule has 0 radical (unpaired) electrons. The predicted octanol–water partition coefficient (Wildman–Crippen LogP) is 5.85. The maximum Gasteiger partial charge on any atom is 0.155 e. The van der Waals surface area contributed by atoms with E-state index in [2.05, 4.69) is 26.5 Å². The van der Waals surface area contributed by atoms with Crippen LogP contribution in [0, 0.1) is 57.7 Å². The largest absolute Gasteiger partial charge is 0.295 e. The standard InChI is InChI=1S/C25H33NO/c1-4-25(14-26)15(2)11-22-23-20(9-10-24(22,25)3)19-8-7-18(27)12-17(19)13-21(23)16-5-6-16/h12,16,19-23H,2,4-11,13H2,1,3H3/t19-,20+,21-,22-,23-,24-,25-/m0/s1. The molecule has 2 nitrogen and oxygen atoms in total. The molecular weight excluding hydrogens is 330 g/mol. The van der Waals surface area contributed by atoms with Gasteiger partial charge in [0.25, 0.3) is 0 Å². The van der Waals surface area contributed by atoms with Gasteiger partial charge in [0, 0.05) is 6.42 Å². The highest BCUT2D eigenvalue weighted by Crippen LogP contribution is 2.72. The lowest BCUT2D eigenvalue weighted by molar-refractivity contribution is -0.116. The Morgan fingerprint density at radius 3 is 2.67 bits per heavy atom. The minimum absolute atomic E-state index is 0.0909. The molecule has 0 aromatic heterocycles. The van der Waals surface area contributed by atoms with Crippen molar-refractivity contribution in [2.45, 2.75) is 71.6 Å². The Morgan fingerprint density at radius 2 is 2.00 bits per heavy atom. The Hall–Kier alpha value is -1.36. The van der Waals surface area contributed by atoms with Crippen molar-refractivity contribution >= 4 is 5.78 Å². The summed E-state index contributed by atoms with van der Waals surface area (Å²) in [4.78, 5) is 12.1. The third-order valence-electron chi connectivity index (χ3n) is 9.77. The molecule has 0 aromatic rings. The molecule has 5 rings (SSSR count). The molecule has 0 spiro atoms. The number of carbonyl (C=O) groups is 1. The number of rotatable bonds is 2. The molecule has 4 saturated carbocycles.